The molecule has 0 fully saturated rings. The summed E-state index contributed by atoms with van der Waals surface area (Å²) in [6, 6.07) is 0.196. The van der Waals surface area contributed by atoms with Crippen LogP contribution >= 0.6 is 11.6 Å². The Morgan fingerprint density at radius 2 is 2.31 bits per heavy atom. The molecule has 0 bridgehead atoms. The molecule has 1 aromatic heterocycles. The van der Waals surface area contributed by atoms with Crippen molar-refractivity contribution in [1.82, 2.24) is 15.0 Å². The summed E-state index contributed by atoms with van der Waals surface area (Å²) in [6.07, 6.45) is 1.85. The lowest BCUT2D eigenvalue weighted by Crippen LogP contribution is -2.11. The van der Waals surface area contributed by atoms with Gasteiger partial charge in [-0.05, 0) is 13.8 Å². The van der Waals surface area contributed by atoms with Crippen molar-refractivity contribution in [2.24, 2.45) is 0 Å². The van der Waals surface area contributed by atoms with E-state index < -0.39 is 0 Å². The first-order chi connectivity index (χ1) is 6.15. The molecule has 0 aliphatic heterocycles. The van der Waals surface area contributed by atoms with E-state index in [9.17, 15) is 0 Å². The molecule has 1 rings (SSSR count). The number of rotatable bonds is 4. The van der Waals surface area contributed by atoms with Gasteiger partial charge in [-0.3, -0.25) is 0 Å². The molecule has 13 heavy (non-hydrogen) atoms. The normalized spacial score (nSPS) is 15.7. The van der Waals surface area contributed by atoms with E-state index in [1.54, 1.807) is 11.8 Å². The zero-order valence-electron chi connectivity index (χ0n) is 8.07. The first kappa shape index (κ1) is 10.5. The fourth-order valence-corrected chi connectivity index (χ4v) is 1.11. The van der Waals surface area contributed by atoms with Gasteiger partial charge in [-0.2, -0.15) is 0 Å². The summed E-state index contributed by atoms with van der Waals surface area (Å²) in [5.74, 6) is 0. The second-order valence-corrected chi connectivity index (χ2v) is 3.70. The maximum Gasteiger partial charge on any atom is 0.100 e. The summed E-state index contributed by atoms with van der Waals surface area (Å²) in [4.78, 5) is 0. The fourth-order valence-electron chi connectivity index (χ4n) is 1.01. The van der Waals surface area contributed by atoms with E-state index in [0.29, 0.717) is 6.61 Å². The highest BCUT2D eigenvalue weighted by Gasteiger charge is 2.10. The van der Waals surface area contributed by atoms with Crippen LogP contribution in [0.15, 0.2) is 6.20 Å². The van der Waals surface area contributed by atoms with Crippen LogP contribution in [0, 0.1) is 0 Å². The molecule has 0 spiro atoms. The van der Waals surface area contributed by atoms with E-state index in [-0.39, 0.29) is 11.4 Å². The minimum absolute atomic E-state index is 0.0940. The summed E-state index contributed by atoms with van der Waals surface area (Å²) in [6.45, 7) is 4.51. The average Bonchev–Trinajstić information content (AvgIpc) is 2.52. The molecule has 74 valence electrons. The smallest absolute Gasteiger partial charge is 0.100 e. The standard InChI is InChI=1S/C8H14ClN3O/c1-6(5-13-3)12-4-8(7(2)9)10-11-12/h4,6-7H,5H2,1-3H3. The molecule has 2 unspecified atom stereocenters. The van der Waals surface area contributed by atoms with Crippen molar-refractivity contribution in [3.05, 3.63) is 11.9 Å². The van der Waals surface area contributed by atoms with Crippen LogP contribution in [-0.4, -0.2) is 28.7 Å². The third-order valence-electron chi connectivity index (χ3n) is 1.80. The Bertz CT molecular complexity index is 262. The first-order valence-electron chi connectivity index (χ1n) is 4.20. The van der Waals surface area contributed by atoms with Crippen LogP contribution < -0.4 is 0 Å². The fraction of sp³-hybridized carbons (Fsp3) is 0.750. The van der Waals surface area contributed by atoms with Gasteiger partial charge in [0.25, 0.3) is 0 Å². The highest BCUT2D eigenvalue weighted by molar-refractivity contribution is 6.20. The number of hydrogen-bond acceptors (Lipinski definition) is 3. The van der Waals surface area contributed by atoms with Crippen molar-refractivity contribution in [2.45, 2.75) is 25.3 Å². The van der Waals surface area contributed by atoms with Gasteiger partial charge >= 0.3 is 0 Å². The van der Waals surface area contributed by atoms with E-state index in [2.05, 4.69) is 10.3 Å². The molecule has 1 heterocycles. The molecule has 0 saturated carbocycles. The largest absolute Gasteiger partial charge is 0.382 e. The molecule has 0 amide bonds. The van der Waals surface area contributed by atoms with Crippen LogP contribution in [0.5, 0.6) is 0 Å². The van der Waals surface area contributed by atoms with Gasteiger partial charge in [0.15, 0.2) is 0 Å². The van der Waals surface area contributed by atoms with Gasteiger partial charge < -0.3 is 4.74 Å². The second-order valence-electron chi connectivity index (χ2n) is 3.04. The average molecular weight is 204 g/mol. The molecular formula is C8H14ClN3O. The second kappa shape index (κ2) is 4.58. The highest BCUT2D eigenvalue weighted by Crippen LogP contribution is 2.16. The molecule has 5 heteroatoms. The predicted molar refractivity (Wildman–Crippen MR) is 50.9 cm³/mol. The third kappa shape index (κ3) is 2.67. The van der Waals surface area contributed by atoms with Gasteiger partial charge in [-0.15, -0.1) is 16.7 Å². The molecule has 0 aliphatic carbocycles. The van der Waals surface area contributed by atoms with E-state index in [1.807, 2.05) is 20.0 Å². The molecule has 0 aliphatic rings. The topological polar surface area (TPSA) is 39.9 Å². The number of halogens is 1. The molecular weight excluding hydrogens is 190 g/mol. The quantitative estimate of drug-likeness (QED) is 0.701. The summed E-state index contributed by atoms with van der Waals surface area (Å²) in [7, 11) is 1.67. The van der Waals surface area contributed by atoms with E-state index in [0.717, 1.165) is 5.69 Å². The summed E-state index contributed by atoms with van der Waals surface area (Å²) < 4.78 is 6.77. The molecule has 2 atom stereocenters. The minimum atomic E-state index is -0.0940. The van der Waals surface area contributed by atoms with Crippen molar-refractivity contribution >= 4 is 11.6 Å². The summed E-state index contributed by atoms with van der Waals surface area (Å²) >= 11 is 5.85. The van der Waals surface area contributed by atoms with Crippen molar-refractivity contribution in [2.75, 3.05) is 13.7 Å². The number of aromatic nitrogens is 3. The lowest BCUT2D eigenvalue weighted by molar-refractivity contribution is 0.156. The lowest BCUT2D eigenvalue weighted by atomic mass is 10.3. The van der Waals surface area contributed by atoms with Gasteiger partial charge in [0.2, 0.25) is 0 Å². The number of ether oxygens (including phenoxy) is 1. The molecule has 0 radical (unpaired) electrons. The Morgan fingerprint density at radius 3 is 2.77 bits per heavy atom. The Kier molecular flexibility index (Phi) is 3.69. The van der Waals surface area contributed by atoms with Crippen LogP contribution in [-0.2, 0) is 4.74 Å². The molecule has 0 N–H and O–H groups in total. The Balaban J connectivity index is 2.67. The molecule has 4 nitrogen and oxygen atoms in total. The zero-order valence-corrected chi connectivity index (χ0v) is 8.82. The number of hydrogen-bond donors (Lipinski definition) is 0. The summed E-state index contributed by atoms with van der Waals surface area (Å²) in [5.41, 5.74) is 0.796. The number of nitrogens with zero attached hydrogens (tertiary/aromatic N) is 3. The third-order valence-corrected chi connectivity index (χ3v) is 2.02. The summed E-state index contributed by atoms with van der Waals surface area (Å²) in [5, 5.41) is 7.81. The maximum atomic E-state index is 5.85. The Morgan fingerprint density at radius 1 is 1.62 bits per heavy atom. The SMILES string of the molecule is COCC(C)n1cc(C(C)Cl)nn1. The van der Waals surface area contributed by atoms with Gasteiger partial charge in [0, 0.05) is 7.11 Å². The zero-order chi connectivity index (χ0) is 9.84. The van der Waals surface area contributed by atoms with Crippen molar-refractivity contribution in [3.63, 3.8) is 0 Å². The van der Waals surface area contributed by atoms with E-state index >= 15 is 0 Å². The molecule has 0 saturated heterocycles. The highest BCUT2D eigenvalue weighted by atomic mass is 35.5. The van der Waals surface area contributed by atoms with Crippen molar-refractivity contribution in [1.29, 1.82) is 0 Å². The van der Waals surface area contributed by atoms with Crippen molar-refractivity contribution < 1.29 is 4.74 Å². The Labute approximate surface area is 82.8 Å². The van der Waals surface area contributed by atoms with Crippen LogP contribution in [0.2, 0.25) is 0 Å². The predicted octanol–water partition coefficient (Wildman–Crippen LogP) is 1.79. The van der Waals surface area contributed by atoms with E-state index in [4.69, 9.17) is 16.3 Å². The van der Waals surface area contributed by atoms with Crippen LogP contribution in [0.1, 0.15) is 31.0 Å². The number of alkyl halides is 1. The first-order valence-corrected chi connectivity index (χ1v) is 4.63. The number of methoxy groups -OCH3 is 1. The van der Waals surface area contributed by atoms with E-state index in [1.165, 1.54) is 0 Å². The monoisotopic (exact) mass is 203 g/mol. The van der Waals surface area contributed by atoms with Gasteiger partial charge in [0.05, 0.1) is 24.2 Å². The lowest BCUT2D eigenvalue weighted by Gasteiger charge is -2.08. The van der Waals surface area contributed by atoms with Gasteiger partial charge in [0.1, 0.15) is 5.69 Å². The van der Waals surface area contributed by atoms with Gasteiger partial charge in [-0.1, -0.05) is 5.21 Å². The molecule has 1 aromatic rings. The maximum absolute atomic E-state index is 5.85. The van der Waals surface area contributed by atoms with Crippen LogP contribution in [0.25, 0.3) is 0 Å². The van der Waals surface area contributed by atoms with Gasteiger partial charge in [-0.25, -0.2) is 4.68 Å². The minimum Gasteiger partial charge on any atom is -0.382 e. The van der Waals surface area contributed by atoms with Crippen LogP contribution in [0.4, 0.5) is 0 Å². The van der Waals surface area contributed by atoms with Crippen molar-refractivity contribution in [3.8, 4) is 0 Å². The molecule has 0 aromatic carbocycles. The Hall–Kier alpha value is -0.610. The van der Waals surface area contributed by atoms with Crippen LogP contribution in [0.3, 0.4) is 0 Å².